The molecule has 4 aromatic rings. The number of benzene rings is 4. The molecule has 0 fully saturated rings. The number of esters is 2. The molecule has 6 rings (SSSR count). The summed E-state index contributed by atoms with van der Waals surface area (Å²) in [5.41, 5.74) is 4.58. The first-order valence-corrected chi connectivity index (χ1v) is 19.7. The third kappa shape index (κ3) is 9.60. The fourth-order valence-electron chi connectivity index (χ4n) is 6.22. The number of anilines is 2. The van der Waals surface area contributed by atoms with Gasteiger partial charge in [0.1, 0.15) is 0 Å². The molecule has 2 amide bonds. The summed E-state index contributed by atoms with van der Waals surface area (Å²) in [7, 11) is 8.88. The van der Waals surface area contributed by atoms with Gasteiger partial charge in [0.25, 0.3) is 0 Å². The molecule has 0 bridgehead atoms. The lowest BCUT2D eigenvalue weighted by atomic mass is 10.0. The first kappa shape index (κ1) is 42.4. The zero-order chi connectivity index (χ0) is 40.5. The molecule has 0 saturated carbocycles. The van der Waals surface area contributed by atoms with Crippen LogP contribution in [-0.2, 0) is 28.7 Å². The molecule has 2 aliphatic heterocycles. The van der Waals surface area contributed by atoms with E-state index in [0.29, 0.717) is 44.4 Å². The number of ether oxygens (including phenoxy) is 6. The number of thioether (sulfide) groups is 2. The number of nitrogens with one attached hydrogen (secondary N) is 2. The van der Waals surface area contributed by atoms with Crippen molar-refractivity contribution in [3.8, 4) is 23.0 Å². The highest BCUT2D eigenvalue weighted by molar-refractivity contribution is 8.01. The smallest absolute Gasteiger partial charge is 0.307 e. The van der Waals surface area contributed by atoms with Crippen LogP contribution in [0.2, 0.25) is 10.0 Å². The topological polar surface area (TPSA) is 148 Å². The summed E-state index contributed by atoms with van der Waals surface area (Å²) in [6, 6.07) is 21.7. The van der Waals surface area contributed by atoms with Crippen molar-refractivity contribution in [2.45, 2.75) is 33.8 Å². The van der Waals surface area contributed by atoms with Crippen LogP contribution in [-0.4, -0.2) is 76.9 Å². The van der Waals surface area contributed by atoms with Gasteiger partial charge in [-0.25, -0.2) is 0 Å². The van der Waals surface area contributed by atoms with Crippen molar-refractivity contribution in [1.82, 2.24) is 0 Å². The number of rotatable bonds is 10. The summed E-state index contributed by atoms with van der Waals surface area (Å²) in [5, 5.41) is 4.99. The second-order valence-electron chi connectivity index (χ2n) is 12.2. The number of carbonyl (C=O) groups is 4. The van der Waals surface area contributed by atoms with Gasteiger partial charge >= 0.3 is 11.9 Å². The van der Waals surface area contributed by atoms with E-state index in [4.69, 9.17) is 51.6 Å². The Labute approximate surface area is 343 Å². The van der Waals surface area contributed by atoms with Crippen molar-refractivity contribution < 1.29 is 47.6 Å². The number of carbonyl (C=O) groups excluding carboxylic acids is 4. The molecule has 2 N–H and O–H groups in total. The van der Waals surface area contributed by atoms with Crippen molar-refractivity contribution in [3.05, 3.63) is 105 Å². The Morgan fingerprint density at radius 3 is 1.30 bits per heavy atom. The lowest BCUT2D eigenvalue weighted by Crippen LogP contribution is -2.27. The predicted molar refractivity (Wildman–Crippen MR) is 219 cm³/mol. The van der Waals surface area contributed by atoms with Crippen LogP contribution >= 0.6 is 46.7 Å². The maximum absolute atomic E-state index is 12.7. The Morgan fingerprint density at radius 1 is 0.571 bits per heavy atom. The average Bonchev–Trinajstić information content (AvgIpc) is 3.43. The third-order valence-corrected chi connectivity index (χ3v) is 12.3. The standard InChI is InChI=1S/2C20H20ClNO5S/c2*1-25-15-6-4-5-12(18(15)27-3)19-13-9-11(21)7-8-14(13)22-20(24)16(28-19)10-17(23)26-2/h2*4-9,16,19H,10H2,1-3H3,(H,22,24)/t16-,19+;16-,19-/m01/s1. The van der Waals surface area contributed by atoms with Gasteiger partial charge in [-0.05, 0) is 59.7 Å². The fraction of sp³-hybridized carbons (Fsp3) is 0.300. The summed E-state index contributed by atoms with van der Waals surface area (Å²) < 4.78 is 31.6. The first-order valence-electron chi connectivity index (χ1n) is 17.0. The van der Waals surface area contributed by atoms with Gasteiger partial charge in [-0.15, -0.1) is 23.5 Å². The highest BCUT2D eigenvalue weighted by Crippen LogP contribution is 2.51. The molecule has 56 heavy (non-hydrogen) atoms. The van der Waals surface area contributed by atoms with Crippen molar-refractivity contribution in [1.29, 1.82) is 0 Å². The normalized spacial score (nSPS) is 18.5. The lowest BCUT2D eigenvalue weighted by molar-refractivity contribution is -0.142. The molecule has 0 radical (unpaired) electrons. The minimum Gasteiger partial charge on any atom is -0.493 e. The van der Waals surface area contributed by atoms with Gasteiger partial charge in [0, 0.05) is 32.5 Å². The number of methoxy groups -OCH3 is 6. The van der Waals surface area contributed by atoms with Crippen molar-refractivity contribution in [2.75, 3.05) is 53.3 Å². The summed E-state index contributed by atoms with van der Waals surface area (Å²) in [6.07, 6.45) is -0.0883. The highest BCUT2D eigenvalue weighted by atomic mass is 35.5. The van der Waals surface area contributed by atoms with Crippen LogP contribution in [0, 0.1) is 0 Å². The molecule has 0 unspecified atom stereocenters. The summed E-state index contributed by atoms with van der Waals surface area (Å²) in [5.74, 6) is 0.876. The van der Waals surface area contributed by atoms with Crippen LogP contribution in [0.1, 0.15) is 45.6 Å². The van der Waals surface area contributed by atoms with Gasteiger partial charge < -0.3 is 39.1 Å². The number of halogens is 2. The molecule has 296 valence electrons. The van der Waals surface area contributed by atoms with Crippen LogP contribution in [0.3, 0.4) is 0 Å². The predicted octanol–water partition coefficient (Wildman–Crippen LogP) is 8.13. The van der Waals surface area contributed by atoms with E-state index in [0.717, 1.165) is 22.3 Å². The fourth-order valence-corrected chi connectivity index (χ4v) is 9.42. The van der Waals surface area contributed by atoms with Gasteiger partial charge in [0.05, 0.1) is 76.5 Å². The Balaban J connectivity index is 0.000000214. The van der Waals surface area contributed by atoms with E-state index >= 15 is 0 Å². The monoisotopic (exact) mass is 842 g/mol. The second-order valence-corrected chi connectivity index (χ2v) is 15.7. The van der Waals surface area contributed by atoms with Crippen molar-refractivity contribution in [3.63, 3.8) is 0 Å². The maximum atomic E-state index is 12.7. The van der Waals surface area contributed by atoms with Crippen LogP contribution in [0.25, 0.3) is 0 Å². The molecule has 0 aromatic heterocycles. The van der Waals surface area contributed by atoms with Crippen LogP contribution < -0.4 is 29.6 Å². The lowest BCUT2D eigenvalue weighted by Gasteiger charge is -2.23. The third-order valence-electron chi connectivity index (χ3n) is 8.88. The highest BCUT2D eigenvalue weighted by Gasteiger charge is 2.37. The quantitative estimate of drug-likeness (QED) is 0.149. The molecule has 2 heterocycles. The van der Waals surface area contributed by atoms with Crippen LogP contribution in [0.5, 0.6) is 23.0 Å². The van der Waals surface area contributed by atoms with E-state index in [1.54, 1.807) is 64.8 Å². The Bertz CT molecular complexity index is 1960. The van der Waals surface area contributed by atoms with Gasteiger partial charge in [-0.1, -0.05) is 47.5 Å². The molecular formula is C40H40Cl2N2O10S2. The zero-order valence-electron chi connectivity index (χ0n) is 31.3. The largest absolute Gasteiger partial charge is 0.493 e. The average molecular weight is 844 g/mol. The molecular weight excluding hydrogens is 803 g/mol. The first-order chi connectivity index (χ1) is 27.0. The SMILES string of the molecule is COC(=O)C[C@@H]1S[C@H](c2cccc(OC)c2OC)c2cc(Cl)ccc2NC1=O.COC(=O)C[C@H]1S[C@H](c2cccc(OC)c2OC)c2cc(Cl)ccc2NC1=O. The number of fused-ring (bicyclic) bond motifs is 2. The Kier molecular flexibility index (Phi) is 14.7. The van der Waals surface area contributed by atoms with E-state index in [1.807, 2.05) is 36.4 Å². The van der Waals surface area contributed by atoms with Gasteiger partial charge in [0.15, 0.2) is 23.0 Å². The van der Waals surface area contributed by atoms with Gasteiger partial charge in [-0.2, -0.15) is 0 Å². The van der Waals surface area contributed by atoms with E-state index in [-0.39, 0.29) is 35.2 Å². The van der Waals surface area contributed by atoms with E-state index < -0.39 is 22.4 Å². The summed E-state index contributed by atoms with van der Waals surface area (Å²) >= 11 is 15.2. The molecule has 12 nitrogen and oxygen atoms in total. The van der Waals surface area contributed by atoms with E-state index in [2.05, 4.69) is 10.6 Å². The molecule has 16 heteroatoms. The zero-order valence-corrected chi connectivity index (χ0v) is 34.5. The maximum Gasteiger partial charge on any atom is 0.307 e. The molecule has 4 atom stereocenters. The Hall–Kier alpha value is -4.76. The number of hydrogen-bond acceptors (Lipinski definition) is 12. The van der Waals surface area contributed by atoms with Crippen molar-refractivity contribution in [2.24, 2.45) is 0 Å². The molecule has 0 spiro atoms. The molecule has 2 aliphatic rings. The Morgan fingerprint density at radius 2 is 0.964 bits per heavy atom. The summed E-state index contributed by atoms with van der Waals surface area (Å²) in [4.78, 5) is 49.2. The molecule has 0 aliphatic carbocycles. The van der Waals surface area contributed by atoms with Crippen LogP contribution in [0.4, 0.5) is 11.4 Å². The summed E-state index contributed by atoms with van der Waals surface area (Å²) in [6.45, 7) is 0. The van der Waals surface area contributed by atoms with Gasteiger partial charge in [0.2, 0.25) is 11.8 Å². The number of amides is 2. The molecule has 4 aromatic carbocycles. The van der Waals surface area contributed by atoms with Crippen LogP contribution in [0.15, 0.2) is 72.8 Å². The van der Waals surface area contributed by atoms with E-state index in [9.17, 15) is 19.2 Å². The van der Waals surface area contributed by atoms with E-state index in [1.165, 1.54) is 37.7 Å². The minimum atomic E-state index is -0.639. The van der Waals surface area contributed by atoms with Crippen molar-refractivity contribution >= 4 is 81.9 Å². The second kappa shape index (κ2) is 19.4. The number of para-hydroxylation sites is 2. The minimum absolute atomic E-state index is 0.0441. The number of hydrogen-bond donors (Lipinski definition) is 2. The van der Waals surface area contributed by atoms with Gasteiger partial charge in [-0.3, -0.25) is 19.2 Å². The molecule has 0 saturated heterocycles.